The average Bonchev–Trinajstić information content (AvgIpc) is 3.38. The number of hydrogen-bond donors (Lipinski definition) is 1. The van der Waals surface area contributed by atoms with Crippen molar-refractivity contribution in [3.05, 3.63) is 60.7 Å². The van der Waals surface area contributed by atoms with Gasteiger partial charge in [-0.05, 0) is 53.9 Å². The Bertz CT molecular complexity index is 1270. The Hall–Kier alpha value is -2.55. The molecule has 0 atom stereocenters. The number of carbonyl (C=O) groups excluding carboxylic acids is 1. The Balaban J connectivity index is 1.54. The van der Waals surface area contributed by atoms with Crippen molar-refractivity contribution in [2.75, 3.05) is 42.1 Å². The number of benzene rings is 3. The molecule has 3 aromatic rings. The van der Waals surface area contributed by atoms with Crippen molar-refractivity contribution in [2.24, 2.45) is 0 Å². The molecule has 0 aliphatic carbocycles. The first kappa shape index (κ1) is 24.6. The number of carbonyl (C=O) groups is 1. The third kappa shape index (κ3) is 5.40. The molecule has 34 heavy (non-hydrogen) atoms. The lowest BCUT2D eigenvalue weighted by Crippen LogP contribution is -2.31. The van der Waals surface area contributed by atoms with E-state index in [1.54, 1.807) is 12.1 Å². The summed E-state index contributed by atoms with van der Waals surface area (Å²) in [5, 5.41) is 5.30. The monoisotopic (exact) mass is 497 g/mol. The summed E-state index contributed by atoms with van der Waals surface area (Å²) in [5.74, 6) is 0.0844. The summed E-state index contributed by atoms with van der Waals surface area (Å²) < 4.78 is 27.6. The summed E-state index contributed by atoms with van der Waals surface area (Å²) in [7, 11) is -3.62. The molecule has 1 saturated heterocycles. The van der Waals surface area contributed by atoms with Crippen molar-refractivity contribution in [3.63, 3.8) is 0 Å². The molecule has 1 N–H and O–H groups in total. The maximum atomic E-state index is 13.1. The van der Waals surface area contributed by atoms with E-state index in [0.29, 0.717) is 18.8 Å². The fraction of sp³-hybridized carbons (Fsp3) is 0.346. The highest BCUT2D eigenvalue weighted by Gasteiger charge is 2.25. The zero-order valence-electron chi connectivity index (χ0n) is 19.7. The lowest BCUT2D eigenvalue weighted by atomic mass is 10.1. The highest BCUT2D eigenvalue weighted by Crippen LogP contribution is 2.33. The first-order chi connectivity index (χ1) is 16.4. The zero-order chi connectivity index (χ0) is 24.1. The van der Waals surface area contributed by atoms with Gasteiger partial charge in [0, 0.05) is 31.1 Å². The van der Waals surface area contributed by atoms with Crippen molar-refractivity contribution < 1.29 is 13.2 Å². The van der Waals surface area contributed by atoms with Crippen LogP contribution in [-0.2, 0) is 14.8 Å². The Morgan fingerprint density at radius 1 is 0.971 bits per heavy atom. The van der Waals surface area contributed by atoms with Crippen LogP contribution >= 0.6 is 11.8 Å². The van der Waals surface area contributed by atoms with Gasteiger partial charge in [-0.1, -0.05) is 44.2 Å². The first-order valence-electron chi connectivity index (χ1n) is 11.7. The van der Waals surface area contributed by atoms with E-state index in [1.807, 2.05) is 38.1 Å². The number of sulfonamides is 1. The lowest BCUT2D eigenvalue weighted by molar-refractivity contribution is -0.113. The SMILES string of the molecule is CCN(CC)S(=O)(=O)c1ccc(N2CCCC2)c(NC(=O)CSc2ccc3ccccc3c2)c1. The molecule has 0 unspecified atom stereocenters. The second kappa shape index (κ2) is 10.8. The normalized spacial score (nSPS) is 14.1. The molecular formula is C26H31N3O3S2. The fourth-order valence-electron chi connectivity index (χ4n) is 4.31. The van der Waals surface area contributed by atoms with Gasteiger partial charge in [0.15, 0.2) is 0 Å². The van der Waals surface area contributed by atoms with Gasteiger partial charge < -0.3 is 10.2 Å². The van der Waals surface area contributed by atoms with Crippen LogP contribution < -0.4 is 10.2 Å². The third-order valence-electron chi connectivity index (χ3n) is 6.12. The van der Waals surface area contributed by atoms with Crippen molar-refractivity contribution in [3.8, 4) is 0 Å². The average molecular weight is 498 g/mol. The van der Waals surface area contributed by atoms with Crippen LogP contribution in [0, 0.1) is 0 Å². The smallest absolute Gasteiger partial charge is 0.243 e. The van der Waals surface area contributed by atoms with Crippen LogP contribution in [0.3, 0.4) is 0 Å². The van der Waals surface area contributed by atoms with Gasteiger partial charge in [-0.3, -0.25) is 4.79 Å². The maximum absolute atomic E-state index is 13.1. The minimum atomic E-state index is -3.62. The molecule has 1 amide bonds. The quantitative estimate of drug-likeness (QED) is 0.412. The van der Waals surface area contributed by atoms with E-state index in [2.05, 4.69) is 34.5 Å². The molecule has 180 valence electrons. The minimum Gasteiger partial charge on any atom is -0.370 e. The summed E-state index contributed by atoms with van der Waals surface area (Å²) in [6.45, 7) is 6.25. The molecule has 0 bridgehead atoms. The van der Waals surface area contributed by atoms with Crippen LogP contribution in [0.1, 0.15) is 26.7 Å². The summed E-state index contributed by atoms with van der Waals surface area (Å²) in [5.41, 5.74) is 1.43. The molecule has 0 radical (unpaired) electrons. The van der Waals surface area contributed by atoms with Crippen molar-refractivity contribution in [1.29, 1.82) is 0 Å². The van der Waals surface area contributed by atoms with E-state index in [1.165, 1.54) is 16.1 Å². The molecule has 0 saturated carbocycles. The summed E-state index contributed by atoms with van der Waals surface area (Å²) in [6, 6.07) is 19.4. The summed E-state index contributed by atoms with van der Waals surface area (Å²) >= 11 is 1.47. The molecule has 6 nitrogen and oxygen atoms in total. The van der Waals surface area contributed by atoms with E-state index >= 15 is 0 Å². The van der Waals surface area contributed by atoms with Crippen LogP contribution in [0.2, 0.25) is 0 Å². The number of hydrogen-bond acceptors (Lipinski definition) is 5. The molecule has 0 spiro atoms. The summed E-state index contributed by atoms with van der Waals surface area (Å²) in [6.07, 6.45) is 2.18. The van der Waals surface area contributed by atoms with Crippen LogP contribution in [0.15, 0.2) is 70.5 Å². The number of rotatable bonds is 9. The number of anilines is 2. The Morgan fingerprint density at radius 2 is 1.68 bits per heavy atom. The van der Waals surface area contributed by atoms with Crippen molar-refractivity contribution in [1.82, 2.24) is 4.31 Å². The molecule has 4 rings (SSSR count). The van der Waals surface area contributed by atoms with Gasteiger partial charge in [-0.2, -0.15) is 4.31 Å². The minimum absolute atomic E-state index is 0.156. The number of nitrogens with one attached hydrogen (secondary N) is 1. The van der Waals surface area contributed by atoms with Gasteiger partial charge in [0.05, 0.1) is 22.0 Å². The van der Waals surface area contributed by atoms with Crippen LogP contribution in [0.25, 0.3) is 10.8 Å². The van der Waals surface area contributed by atoms with Gasteiger partial charge in [0.25, 0.3) is 0 Å². The fourth-order valence-corrected chi connectivity index (χ4v) is 6.54. The Labute approximate surface area is 206 Å². The Morgan fingerprint density at radius 3 is 2.38 bits per heavy atom. The van der Waals surface area contributed by atoms with Gasteiger partial charge in [0.2, 0.25) is 15.9 Å². The molecule has 8 heteroatoms. The highest BCUT2D eigenvalue weighted by atomic mass is 32.2. The highest BCUT2D eigenvalue weighted by molar-refractivity contribution is 8.00. The van der Waals surface area contributed by atoms with Crippen LogP contribution in [0.4, 0.5) is 11.4 Å². The van der Waals surface area contributed by atoms with E-state index < -0.39 is 10.0 Å². The first-order valence-corrected chi connectivity index (χ1v) is 14.2. The third-order valence-corrected chi connectivity index (χ3v) is 9.16. The molecule has 3 aromatic carbocycles. The van der Waals surface area contributed by atoms with E-state index in [9.17, 15) is 13.2 Å². The van der Waals surface area contributed by atoms with E-state index in [4.69, 9.17) is 0 Å². The molecular weight excluding hydrogens is 466 g/mol. The van der Waals surface area contributed by atoms with Crippen molar-refractivity contribution >= 4 is 49.8 Å². The maximum Gasteiger partial charge on any atom is 0.243 e. The molecule has 1 aliphatic rings. The molecule has 0 aromatic heterocycles. The molecule has 1 aliphatic heterocycles. The predicted molar refractivity (Wildman–Crippen MR) is 141 cm³/mol. The summed E-state index contributed by atoms with van der Waals surface area (Å²) in [4.78, 5) is 16.3. The van der Waals surface area contributed by atoms with Gasteiger partial charge in [0.1, 0.15) is 0 Å². The van der Waals surface area contributed by atoms with Crippen LogP contribution in [0.5, 0.6) is 0 Å². The topological polar surface area (TPSA) is 69.7 Å². The Kier molecular flexibility index (Phi) is 7.80. The number of nitrogens with zero attached hydrogens (tertiary/aromatic N) is 2. The van der Waals surface area contributed by atoms with Gasteiger partial charge in [-0.15, -0.1) is 11.8 Å². The second-order valence-corrected chi connectivity index (χ2v) is 11.3. The standard InChI is InChI=1S/C26H31N3O3S2/c1-3-29(4-2)34(31,32)23-13-14-25(28-15-7-8-16-28)24(18-23)27-26(30)19-33-22-12-11-20-9-5-6-10-21(20)17-22/h5-6,9-14,17-18H,3-4,7-8,15-16,19H2,1-2H3,(H,27,30). The van der Waals surface area contributed by atoms with Crippen LogP contribution in [-0.4, -0.2) is 50.6 Å². The lowest BCUT2D eigenvalue weighted by Gasteiger charge is -2.24. The number of amides is 1. The predicted octanol–water partition coefficient (Wildman–Crippen LogP) is 5.20. The largest absolute Gasteiger partial charge is 0.370 e. The zero-order valence-corrected chi connectivity index (χ0v) is 21.3. The molecule has 1 heterocycles. The van der Waals surface area contributed by atoms with Gasteiger partial charge in [-0.25, -0.2) is 8.42 Å². The number of fused-ring (bicyclic) bond motifs is 1. The van der Waals surface area contributed by atoms with E-state index in [0.717, 1.165) is 47.3 Å². The molecule has 1 fully saturated rings. The van der Waals surface area contributed by atoms with E-state index in [-0.39, 0.29) is 16.6 Å². The number of thioether (sulfide) groups is 1. The van der Waals surface area contributed by atoms with Gasteiger partial charge >= 0.3 is 0 Å². The van der Waals surface area contributed by atoms with Crippen molar-refractivity contribution in [2.45, 2.75) is 36.5 Å². The second-order valence-electron chi connectivity index (χ2n) is 8.31.